The average molecular weight is 259 g/mol. The van der Waals surface area contributed by atoms with Gasteiger partial charge < -0.3 is 19.9 Å². The van der Waals surface area contributed by atoms with Crippen LogP contribution in [0, 0.1) is 0 Å². The number of carbonyl (C=O) groups excluding carboxylic acids is 1. The Balaban J connectivity index is 2.46. The number of carboxylic acids is 1. The number of amides is 1. The molecule has 1 unspecified atom stereocenters. The van der Waals surface area contributed by atoms with Crippen LogP contribution in [0.25, 0.3) is 0 Å². The van der Waals surface area contributed by atoms with Crippen LogP contribution < -0.4 is 5.32 Å². The van der Waals surface area contributed by atoms with E-state index in [0.29, 0.717) is 6.61 Å². The molecule has 0 spiro atoms. The Morgan fingerprint density at radius 3 is 2.61 bits per heavy atom. The molecule has 1 fully saturated rings. The number of carbonyl (C=O) groups is 2. The Morgan fingerprint density at radius 1 is 1.50 bits per heavy atom. The van der Waals surface area contributed by atoms with Crippen LogP contribution in [0.1, 0.15) is 40.0 Å². The van der Waals surface area contributed by atoms with Crippen molar-refractivity contribution < 1.29 is 24.2 Å². The molecule has 0 saturated carbocycles. The highest BCUT2D eigenvalue weighted by atomic mass is 16.6. The van der Waals surface area contributed by atoms with Crippen molar-refractivity contribution >= 4 is 12.1 Å². The molecule has 0 aromatic heterocycles. The second-order valence-corrected chi connectivity index (χ2v) is 5.41. The molecule has 104 valence electrons. The minimum Gasteiger partial charge on any atom is -0.480 e. The Hall–Kier alpha value is -1.30. The van der Waals surface area contributed by atoms with Crippen LogP contribution >= 0.6 is 0 Å². The number of ether oxygens (including phenoxy) is 2. The molecule has 1 rings (SSSR count). The Bertz CT molecular complexity index is 304. The fraction of sp³-hybridized carbons (Fsp3) is 0.833. The van der Waals surface area contributed by atoms with E-state index in [-0.39, 0.29) is 12.5 Å². The lowest BCUT2D eigenvalue weighted by Gasteiger charge is -2.23. The normalized spacial score (nSPS) is 21.4. The van der Waals surface area contributed by atoms with E-state index in [1.807, 2.05) is 0 Å². The number of nitrogens with one attached hydrogen (secondary N) is 1. The second-order valence-electron chi connectivity index (χ2n) is 5.41. The minimum absolute atomic E-state index is 0.0963. The molecule has 1 amide bonds. The Kier molecular flexibility index (Phi) is 4.95. The van der Waals surface area contributed by atoms with Gasteiger partial charge in [-0.3, -0.25) is 0 Å². The highest BCUT2D eigenvalue weighted by Crippen LogP contribution is 2.17. The first kappa shape index (κ1) is 14.8. The van der Waals surface area contributed by atoms with Gasteiger partial charge in [0, 0.05) is 13.0 Å². The molecule has 1 aliphatic heterocycles. The van der Waals surface area contributed by atoms with Gasteiger partial charge in [-0.2, -0.15) is 0 Å². The summed E-state index contributed by atoms with van der Waals surface area (Å²) in [4.78, 5) is 22.6. The third kappa shape index (κ3) is 5.35. The fourth-order valence-electron chi connectivity index (χ4n) is 1.76. The molecule has 6 heteroatoms. The van der Waals surface area contributed by atoms with Crippen molar-refractivity contribution in [3.05, 3.63) is 0 Å². The van der Waals surface area contributed by atoms with Crippen LogP contribution in [-0.2, 0) is 14.3 Å². The van der Waals surface area contributed by atoms with Gasteiger partial charge in [0.1, 0.15) is 11.6 Å². The number of hydrogen-bond donors (Lipinski definition) is 2. The van der Waals surface area contributed by atoms with Crippen LogP contribution in [0.3, 0.4) is 0 Å². The van der Waals surface area contributed by atoms with Gasteiger partial charge in [0.05, 0.1) is 6.10 Å². The summed E-state index contributed by atoms with van der Waals surface area (Å²) in [6, 6.07) is -0.969. The van der Waals surface area contributed by atoms with Gasteiger partial charge >= 0.3 is 12.1 Å². The van der Waals surface area contributed by atoms with Crippen molar-refractivity contribution in [1.29, 1.82) is 0 Å². The van der Waals surface area contributed by atoms with Crippen molar-refractivity contribution in [2.45, 2.75) is 57.8 Å². The standard InChI is InChI=1S/C12H21NO5/c1-12(2,3)18-11(16)13-9(10(14)15)7-8-5-4-6-17-8/h8-9H,4-7H2,1-3H3,(H,13,16)(H,14,15)/t8?,9-/m0/s1. The van der Waals surface area contributed by atoms with Crippen molar-refractivity contribution in [3.63, 3.8) is 0 Å². The lowest BCUT2D eigenvalue weighted by atomic mass is 10.1. The van der Waals surface area contributed by atoms with Gasteiger partial charge in [-0.05, 0) is 33.6 Å². The number of aliphatic carboxylic acids is 1. The molecule has 6 nitrogen and oxygen atoms in total. The molecule has 1 saturated heterocycles. The molecular weight excluding hydrogens is 238 g/mol. The molecule has 0 bridgehead atoms. The molecule has 0 radical (unpaired) electrons. The summed E-state index contributed by atoms with van der Waals surface area (Å²) in [5.41, 5.74) is -0.642. The van der Waals surface area contributed by atoms with E-state index in [1.54, 1.807) is 20.8 Å². The fourth-order valence-corrected chi connectivity index (χ4v) is 1.76. The zero-order chi connectivity index (χ0) is 13.8. The summed E-state index contributed by atoms with van der Waals surface area (Å²) in [5.74, 6) is -1.07. The van der Waals surface area contributed by atoms with E-state index in [2.05, 4.69) is 5.32 Å². The Labute approximate surface area is 107 Å². The minimum atomic E-state index is -1.07. The lowest BCUT2D eigenvalue weighted by Crippen LogP contribution is -2.45. The summed E-state index contributed by atoms with van der Waals surface area (Å²) in [5, 5.41) is 11.4. The van der Waals surface area contributed by atoms with Crippen molar-refractivity contribution in [3.8, 4) is 0 Å². The molecule has 1 aliphatic rings. The maximum Gasteiger partial charge on any atom is 0.408 e. The predicted molar refractivity (Wildman–Crippen MR) is 64.4 cm³/mol. The summed E-state index contributed by atoms with van der Waals surface area (Å²) >= 11 is 0. The molecule has 1 heterocycles. The van der Waals surface area contributed by atoms with Crippen LogP contribution in [-0.4, -0.2) is 41.5 Å². The average Bonchev–Trinajstić information content (AvgIpc) is 2.66. The SMILES string of the molecule is CC(C)(C)OC(=O)N[C@@H](CC1CCCO1)C(=O)O. The quantitative estimate of drug-likeness (QED) is 0.799. The lowest BCUT2D eigenvalue weighted by molar-refractivity contribution is -0.140. The maximum atomic E-state index is 11.5. The van der Waals surface area contributed by atoms with E-state index < -0.39 is 23.7 Å². The van der Waals surface area contributed by atoms with E-state index in [0.717, 1.165) is 12.8 Å². The van der Waals surface area contributed by atoms with Gasteiger partial charge in [-0.1, -0.05) is 0 Å². The highest BCUT2D eigenvalue weighted by molar-refractivity contribution is 5.80. The molecule has 0 aromatic carbocycles. The number of carboxylic acid groups (broad SMARTS) is 1. The molecule has 2 N–H and O–H groups in total. The zero-order valence-corrected chi connectivity index (χ0v) is 11.1. The number of rotatable bonds is 4. The van der Waals surface area contributed by atoms with Crippen molar-refractivity contribution in [1.82, 2.24) is 5.32 Å². The molecular formula is C12H21NO5. The first-order valence-corrected chi connectivity index (χ1v) is 6.12. The molecule has 2 atom stereocenters. The monoisotopic (exact) mass is 259 g/mol. The molecule has 18 heavy (non-hydrogen) atoms. The van der Waals surface area contributed by atoms with Gasteiger partial charge in [0.2, 0.25) is 0 Å². The summed E-state index contributed by atoms with van der Waals surface area (Å²) in [6.07, 6.45) is 1.23. The van der Waals surface area contributed by atoms with Gasteiger partial charge in [-0.25, -0.2) is 9.59 Å². The summed E-state index contributed by atoms with van der Waals surface area (Å²) in [7, 11) is 0. The number of alkyl carbamates (subject to hydrolysis) is 1. The highest BCUT2D eigenvalue weighted by Gasteiger charge is 2.28. The predicted octanol–water partition coefficient (Wildman–Crippen LogP) is 1.53. The van der Waals surface area contributed by atoms with E-state index in [4.69, 9.17) is 14.6 Å². The van der Waals surface area contributed by atoms with Crippen molar-refractivity contribution in [2.75, 3.05) is 6.61 Å². The van der Waals surface area contributed by atoms with Crippen LogP contribution in [0.5, 0.6) is 0 Å². The maximum absolute atomic E-state index is 11.5. The van der Waals surface area contributed by atoms with Crippen LogP contribution in [0.15, 0.2) is 0 Å². The van der Waals surface area contributed by atoms with Gasteiger partial charge in [0.15, 0.2) is 0 Å². The third-order valence-electron chi connectivity index (χ3n) is 2.51. The second kappa shape index (κ2) is 6.04. The summed E-state index contributed by atoms with van der Waals surface area (Å²) in [6.45, 7) is 5.83. The van der Waals surface area contributed by atoms with Gasteiger partial charge in [0.25, 0.3) is 0 Å². The molecule has 0 aromatic rings. The van der Waals surface area contributed by atoms with Gasteiger partial charge in [-0.15, -0.1) is 0 Å². The van der Waals surface area contributed by atoms with Crippen LogP contribution in [0.2, 0.25) is 0 Å². The first-order valence-electron chi connectivity index (χ1n) is 6.12. The summed E-state index contributed by atoms with van der Waals surface area (Å²) < 4.78 is 10.4. The smallest absolute Gasteiger partial charge is 0.408 e. The third-order valence-corrected chi connectivity index (χ3v) is 2.51. The van der Waals surface area contributed by atoms with Crippen LogP contribution in [0.4, 0.5) is 4.79 Å². The van der Waals surface area contributed by atoms with Crippen molar-refractivity contribution in [2.24, 2.45) is 0 Å². The molecule has 0 aliphatic carbocycles. The van der Waals surface area contributed by atoms with E-state index in [9.17, 15) is 9.59 Å². The zero-order valence-electron chi connectivity index (χ0n) is 11.1. The first-order chi connectivity index (χ1) is 8.28. The number of hydrogen-bond acceptors (Lipinski definition) is 4. The largest absolute Gasteiger partial charge is 0.480 e. The topological polar surface area (TPSA) is 84.9 Å². The van der Waals surface area contributed by atoms with E-state index >= 15 is 0 Å². The van der Waals surface area contributed by atoms with E-state index in [1.165, 1.54) is 0 Å². The Morgan fingerprint density at radius 2 is 2.17 bits per heavy atom.